The number of aromatic hydroxyl groups is 1. The van der Waals surface area contributed by atoms with Gasteiger partial charge < -0.3 is 25.7 Å². The highest BCUT2D eigenvalue weighted by atomic mass is 16.6. The largest absolute Gasteiger partial charge is 0.506 e. The van der Waals surface area contributed by atoms with Crippen LogP contribution in [0.5, 0.6) is 5.75 Å². The third-order valence-electron chi connectivity index (χ3n) is 7.85. The summed E-state index contributed by atoms with van der Waals surface area (Å²) in [5.41, 5.74) is 3.77. The van der Waals surface area contributed by atoms with Gasteiger partial charge >= 0.3 is 0 Å². The van der Waals surface area contributed by atoms with Crippen molar-refractivity contribution in [1.82, 2.24) is 4.90 Å². The van der Waals surface area contributed by atoms with Crippen molar-refractivity contribution in [2.45, 2.75) is 24.5 Å². The molecule has 3 aliphatic rings. The molecular formula is C25H30N4O8. The Labute approximate surface area is 213 Å². The molecule has 4 rings (SSSR count). The van der Waals surface area contributed by atoms with Crippen molar-refractivity contribution < 1.29 is 39.0 Å². The van der Waals surface area contributed by atoms with E-state index >= 15 is 0 Å². The van der Waals surface area contributed by atoms with Crippen molar-refractivity contribution in [3.05, 3.63) is 22.8 Å². The smallest absolute Gasteiger partial charge is 0.235 e. The second-order valence-electron chi connectivity index (χ2n) is 10.3. The lowest BCUT2D eigenvalue weighted by atomic mass is 9.52. The lowest BCUT2D eigenvalue weighted by Gasteiger charge is -2.52. The van der Waals surface area contributed by atoms with Gasteiger partial charge in [-0.1, -0.05) is 5.16 Å². The Morgan fingerprint density at radius 2 is 1.84 bits per heavy atom. The predicted octanol–water partition coefficient (Wildman–Crippen LogP) is -1.09. The summed E-state index contributed by atoms with van der Waals surface area (Å²) in [5, 5.41) is 26.3. The number of carbonyl (C=O) groups excluding carboxylic acids is 5. The standard InChI is InChI=1S/C25H30N4O8/c1-28(2)14-8-11(9-27-37-5)19(30)16-12(14)6-10-7-13-18(29(3)4)21(32)17(24(26)35)23(34)25(13,36)22(33)15(10)20(16)31/h8-10,13,15,17-18,30,36H,6-7H2,1-5H3,(H2,26,35)/b27-9-/t10-,13-,15?,17?,18-,25-/m0/s1. The molecule has 1 aromatic rings. The van der Waals surface area contributed by atoms with Crippen LogP contribution >= 0.6 is 0 Å². The lowest BCUT2D eigenvalue weighted by Crippen LogP contribution is -2.74. The van der Waals surface area contributed by atoms with E-state index in [0.29, 0.717) is 11.3 Å². The molecule has 0 spiro atoms. The van der Waals surface area contributed by atoms with Crippen LogP contribution in [-0.4, -0.2) is 97.3 Å². The van der Waals surface area contributed by atoms with Crippen molar-refractivity contribution in [2.75, 3.05) is 40.2 Å². The Morgan fingerprint density at radius 3 is 2.38 bits per heavy atom. The topological polar surface area (TPSA) is 180 Å². The van der Waals surface area contributed by atoms with Gasteiger partial charge in [0.05, 0.1) is 23.7 Å². The summed E-state index contributed by atoms with van der Waals surface area (Å²) in [6.45, 7) is 0. The molecule has 0 radical (unpaired) electrons. The Balaban J connectivity index is 1.91. The Kier molecular flexibility index (Phi) is 6.45. The van der Waals surface area contributed by atoms with E-state index in [1.165, 1.54) is 18.2 Å². The zero-order valence-corrected chi connectivity index (χ0v) is 21.2. The van der Waals surface area contributed by atoms with Gasteiger partial charge in [-0.25, -0.2) is 0 Å². The van der Waals surface area contributed by atoms with Gasteiger partial charge in [-0.3, -0.25) is 28.9 Å². The number of nitrogens with zero attached hydrogens (tertiary/aromatic N) is 3. The predicted molar refractivity (Wildman–Crippen MR) is 130 cm³/mol. The number of phenolic OH excluding ortho intramolecular Hbond substituents is 1. The van der Waals surface area contributed by atoms with Crippen molar-refractivity contribution in [3.63, 3.8) is 0 Å². The van der Waals surface area contributed by atoms with E-state index in [-0.39, 0.29) is 24.0 Å². The molecule has 0 heterocycles. The maximum absolute atomic E-state index is 13.9. The van der Waals surface area contributed by atoms with Crippen LogP contribution < -0.4 is 10.6 Å². The number of phenols is 1. The summed E-state index contributed by atoms with van der Waals surface area (Å²) in [6.07, 6.45) is 1.39. The van der Waals surface area contributed by atoms with Crippen molar-refractivity contribution in [3.8, 4) is 5.75 Å². The number of hydrogen-bond donors (Lipinski definition) is 3. The third-order valence-corrected chi connectivity index (χ3v) is 7.85. The number of carbonyl (C=O) groups is 5. The molecule has 2 fully saturated rings. The number of fused-ring (bicyclic) bond motifs is 3. The van der Waals surface area contributed by atoms with Gasteiger partial charge in [0, 0.05) is 31.3 Å². The Morgan fingerprint density at radius 1 is 1.19 bits per heavy atom. The number of anilines is 1. The normalized spacial score (nSPS) is 31.3. The first kappa shape index (κ1) is 26.4. The van der Waals surface area contributed by atoms with Crippen molar-refractivity contribution in [1.29, 1.82) is 0 Å². The highest BCUT2D eigenvalue weighted by molar-refractivity contribution is 6.32. The molecule has 12 heteroatoms. The minimum atomic E-state index is -2.76. The van der Waals surface area contributed by atoms with E-state index in [1.807, 2.05) is 0 Å². The number of benzene rings is 1. The molecule has 12 nitrogen and oxygen atoms in total. The molecule has 1 aromatic carbocycles. The molecule has 3 aliphatic carbocycles. The molecule has 37 heavy (non-hydrogen) atoms. The van der Waals surface area contributed by atoms with E-state index in [2.05, 4.69) is 5.16 Å². The number of amides is 1. The number of Topliss-reactive ketones (excluding diaryl/α,β-unsaturated/α-hetero) is 4. The molecule has 4 N–H and O–H groups in total. The van der Waals surface area contributed by atoms with E-state index in [1.54, 1.807) is 39.2 Å². The second kappa shape index (κ2) is 9.03. The molecule has 0 bridgehead atoms. The summed E-state index contributed by atoms with van der Waals surface area (Å²) >= 11 is 0. The Bertz CT molecular complexity index is 1260. The zero-order chi connectivity index (χ0) is 27.6. The van der Waals surface area contributed by atoms with Gasteiger partial charge in [0.1, 0.15) is 12.9 Å². The summed E-state index contributed by atoms with van der Waals surface area (Å²) in [5.74, 6) is -10.9. The van der Waals surface area contributed by atoms with Crippen LogP contribution in [-0.2, 0) is 30.4 Å². The first-order chi connectivity index (χ1) is 17.3. The van der Waals surface area contributed by atoms with Crippen LogP contribution in [0.3, 0.4) is 0 Å². The number of rotatable bonds is 5. The van der Waals surface area contributed by atoms with Crippen LogP contribution in [0.2, 0.25) is 0 Å². The number of nitrogens with two attached hydrogens (primary N) is 1. The van der Waals surface area contributed by atoms with E-state index in [0.717, 1.165) is 0 Å². The maximum atomic E-state index is 13.9. The lowest BCUT2D eigenvalue weighted by molar-refractivity contribution is -0.181. The van der Waals surface area contributed by atoms with Gasteiger partial charge in [-0.15, -0.1) is 0 Å². The quantitative estimate of drug-likeness (QED) is 0.248. The number of primary amides is 1. The fourth-order valence-corrected chi connectivity index (χ4v) is 6.28. The fourth-order valence-electron chi connectivity index (χ4n) is 6.28. The SMILES string of the molecule is CO/N=C\c1cc(N(C)C)c2c(c1O)C(=O)C1C(=O)[C@]3(O)C(=O)C(C(N)=O)C(=O)[C@@H](N(C)C)[C@@H]3C[C@@H]1C2. The molecule has 198 valence electrons. The van der Waals surface area contributed by atoms with Gasteiger partial charge in [0.15, 0.2) is 34.7 Å². The molecule has 0 aliphatic heterocycles. The van der Waals surface area contributed by atoms with Crippen molar-refractivity contribution >= 4 is 40.9 Å². The monoisotopic (exact) mass is 514 g/mol. The molecule has 0 aromatic heterocycles. The van der Waals surface area contributed by atoms with Crippen LogP contribution in [0.4, 0.5) is 5.69 Å². The van der Waals surface area contributed by atoms with Crippen molar-refractivity contribution in [2.24, 2.45) is 34.6 Å². The average Bonchev–Trinajstić information content (AvgIpc) is 2.80. The molecule has 2 saturated carbocycles. The number of hydrogen-bond acceptors (Lipinski definition) is 11. The summed E-state index contributed by atoms with van der Waals surface area (Å²) in [7, 11) is 7.92. The molecule has 2 unspecified atom stereocenters. The van der Waals surface area contributed by atoms with Gasteiger partial charge in [-0.2, -0.15) is 0 Å². The highest BCUT2D eigenvalue weighted by Crippen LogP contribution is 2.52. The minimum absolute atomic E-state index is 0.00951. The minimum Gasteiger partial charge on any atom is -0.506 e. The summed E-state index contributed by atoms with van der Waals surface area (Å²) in [4.78, 5) is 74.1. The number of aliphatic hydroxyl groups is 1. The van der Waals surface area contributed by atoms with E-state index in [4.69, 9.17) is 10.6 Å². The van der Waals surface area contributed by atoms with Gasteiger partial charge in [0.25, 0.3) is 0 Å². The van der Waals surface area contributed by atoms with Crippen LogP contribution in [0.1, 0.15) is 27.9 Å². The first-order valence-corrected chi connectivity index (χ1v) is 11.8. The Hall–Kier alpha value is -3.64. The highest BCUT2D eigenvalue weighted by Gasteiger charge is 2.69. The number of ketones is 4. The third kappa shape index (κ3) is 3.65. The van der Waals surface area contributed by atoms with Gasteiger partial charge in [0.2, 0.25) is 5.91 Å². The number of oxime groups is 1. The molecule has 6 atom stereocenters. The first-order valence-electron chi connectivity index (χ1n) is 11.8. The maximum Gasteiger partial charge on any atom is 0.235 e. The molecular weight excluding hydrogens is 484 g/mol. The fraction of sp³-hybridized carbons (Fsp3) is 0.520. The molecule has 1 amide bonds. The van der Waals surface area contributed by atoms with Gasteiger partial charge in [-0.05, 0) is 44.5 Å². The van der Waals surface area contributed by atoms with Crippen LogP contribution in [0.15, 0.2) is 11.2 Å². The number of likely N-dealkylation sites (N-methyl/N-ethyl adjacent to an activating group) is 1. The molecule has 0 saturated heterocycles. The average molecular weight is 515 g/mol. The van der Waals surface area contributed by atoms with E-state index in [9.17, 15) is 34.2 Å². The second-order valence-corrected chi connectivity index (χ2v) is 10.3. The van der Waals surface area contributed by atoms with Crippen LogP contribution in [0.25, 0.3) is 0 Å². The summed E-state index contributed by atoms with van der Waals surface area (Å²) < 4.78 is 0. The zero-order valence-electron chi connectivity index (χ0n) is 21.2. The van der Waals surface area contributed by atoms with E-state index < -0.39 is 70.1 Å². The summed E-state index contributed by atoms with van der Waals surface area (Å²) in [6, 6.07) is 0.495. The van der Waals surface area contributed by atoms with Crippen LogP contribution in [0, 0.1) is 23.7 Å².